The molecule has 0 saturated carbocycles. The lowest BCUT2D eigenvalue weighted by atomic mass is 9.83. The fraction of sp³-hybridized carbons (Fsp3) is 0.312. The summed E-state index contributed by atoms with van der Waals surface area (Å²) in [7, 11) is 0. The highest BCUT2D eigenvalue weighted by Gasteiger charge is 2.35. The zero-order chi connectivity index (χ0) is 29.2. The topological polar surface area (TPSA) is 141 Å². The molecule has 1 amide bonds. The van der Waals surface area contributed by atoms with Crippen LogP contribution in [0.15, 0.2) is 86.9 Å². The third-order valence-electron chi connectivity index (χ3n) is 8.03. The second-order valence-electron chi connectivity index (χ2n) is 11.1. The first kappa shape index (κ1) is 27.5. The maximum absolute atomic E-state index is 12.9. The normalized spacial score (nSPS) is 18.7. The van der Waals surface area contributed by atoms with Crippen molar-refractivity contribution in [3.8, 4) is 11.5 Å². The molecule has 10 heteroatoms. The van der Waals surface area contributed by atoms with Crippen molar-refractivity contribution < 1.29 is 19.1 Å². The van der Waals surface area contributed by atoms with Gasteiger partial charge in [0.15, 0.2) is 5.76 Å². The number of primary amides is 1. The molecule has 1 fully saturated rings. The lowest BCUT2D eigenvalue weighted by molar-refractivity contribution is -0.118. The molecule has 1 saturated heterocycles. The molecule has 216 valence electrons. The van der Waals surface area contributed by atoms with Gasteiger partial charge in [-0.3, -0.25) is 24.3 Å². The number of rotatable bonds is 9. The Morgan fingerprint density at radius 3 is 2.74 bits per heavy atom. The summed E-state index contributed by atoms with van der Waals surface area (Å²) in [6.07, 6.45) is 2.51. The van der Waals surface area contributed by atoms with Crippen molar-refractivity contribution >= 4 is 5.91 Å². The third-order valence-corrected chi connectivity index (χ3v) is 8.03. The zero-order valence-corrected chi connectivity index (χ0v) is 23.0. The van der Waals surface area contributed by atoms with E-state index in [0.717, 1.165) is 24.4 Å². The van der Waals surface area contributed by atoms with Gasteiger partial charge < -0.3 is 24.6 Å². The van der Waals surface area contributed by atoms with E-state index in [4.69, 9.17) is 14.9 Å². The minimum atomic E-state index is -0.798. The Kier molecular flexibility index (Phi) is 7.62. The molecule has 2 aliphatic heterocycles. The van der Waals surface area contributed by atoms with E-state index in [2.05, 4.69) is 9.88 Å². The van der Waals surface area contributed by atoms with E-state index in [9.17, 15) is 19.5 Å². The highest BCUT2D eigenvalue weighted by atomic mass is 16.5. The summed E-state index contributed by atoms with van der Waals surface area (Å²) in [5.41, 5.74) is 7.44. The number of nitrogens with zero attached hydrogens (tertiary/aromatic N) is 3. The number of ether oxygens (including phenoxy) is 1. The van der Waals surface area contributed by atoms with E-state index in [1.165, 1.54) is 6.07 Å². The van der Waals surface area contributed by atoms with Crippen molar-refractivity contribution in [3.05, 3.63) is 122 Å². The second kappa shape index (κ2) is 11.7. The molecule has 2 aliphatic rings. The maximum atomic E-state index is 12.9. The summed E-state index contributed by atoms with van der Waals surface area (Å²) >= 11 is 0. The van der Waals surface area contributed by atoms with Gasteiger partial charge in [-0.15, -0.1) is 0 Å². The summed E-state index contributed by atoms with van der Waals surface area (Å²) < 4.78 is 14.0. The summed E-state index contributed by atoms with van der Waals surface area (Å²) in [5, 5.41) is 10.8. The molecule has 1 aromatic carbocycles. The van der Waals surface area contributed by atoms with Crippen molar-refractivity contribution in [2.24, 2.45) is 11.7 Å². The van der Waals surface area contributed by atoms with Crippen molar-refractivity contribution in [2.45, 2.75) is 44.4 Å². The standard InChI is InChI=1S/C32H32N4O6/c33-29(38)14-26(21-5-3-7-24(12-21)41-19-23-6-1-2-10-34-23)32-31(40)28(37)13-25(42-32)18-35-15-20-11-22(17-35)27-8-4-9-30(39)36(27)16-20/h1-10,12-13,20,22,26,40H,11,14-19H2,(H2,33,38)/t20-,22+,26-/m1/s1. The van der Waals surface area contributed by atoms with E-state index in [0.29, 0.717) is 42.6 Å². The molecular weight excluding hydrogens is 536 g/mol. The van der Waals surface area contributed by atoms with Crippen molar-refractivity contribution in [3.63, 3.8) is 0 Å². The van der Waals surface area contributed by atoms with Gasteiger partial charge in [0.05, 0.1) is 18.2 Å². The van der Waals surface area contributed by atoms with E-state index in [-0.39, 0.29) is 30.3 Å². The SMILES string of the molecule is NC(=O)C[C@H](c1cccc(OCc2ccccn2)c1)c1oc(CN2C[C@H]3C[C@@H](C2)c2cccc(=O)n2C3)cc(=O)c1O. The van der Waals surface area contributed by atoms with Crippen LogP contribution in [0.5, 0.6) is 11.5 Å². The van der Waals surface area contributed by atoms with Crippen LogP contribution >= 0.6 is 0 Å². The molecule has 0 spiro atoms. The van der Waals surface area contributed by atoms with Gasteiger partial charge in [-0.1, -0.05) is 24.3 Å². The van der Waals surface area contributed by atoms with Crippen molar-refractivity contribution in [1.82, 2.24) is 14.5 Å². The van der Waals surface area contributed by atoms with Gasteiger partial charge in [0.2, 0.25) is 17.1 Å². The Labute approximate surface area is 242 Å². The van der Waals surface area contributed by atoms with E-state index < -0.39 is 23.0 Å². The molecule has 6 rings (SSSR count). The van der Waals surface area contributed by atoms with Crippen LogP contribution in [0.4, 0.5) is 0 Å². The highest BCUT2D eigenvalue weighted by Crippen LogP contribution is 2.37. The van der Waals surface area contributed by atoms with Crippen LogP contribution in [-0.4, -0.2) is 38.6 Å². The number of hydrogen-bond acceptors (Lipinski definition) is 8. The number of hydrogen-bond donors (Lipinski definition) is 2. The predicted molar refractivity (Wildman–Crippen MR) is 154 cm³/mol. The first-order chi connectivity index (χ1) is 20.3. The number of carbonyl (C=O) groups is 1. The molecular formula is C32H32N4O6. The molecule has 3 atom stereocenters. The fourth-order valence-corrected chi connectivity index (χ4v) is 6.24. The number of aromatic nitrogens is 2. The number of pyridine rings is 2. The van der Waals surface area contributed by atoms with Gasteiger partial charge >= 0.3 is 0 Å². The van der Waals surface area contributed by atoms with Gasteiger partial charge in [-0.25, -0.2) is 0 Å². The lowest BCUT2D eigenvalue weighted by Crippen LogP contribution is -2.46. The van der Waals surface area contributed by atoms with Gasteiger partial charge in [-0.05, 0) is 48.2 Å². The maximum Gasteiger partial charge on any atom is 0.250 e. The minimum absolute atomic E-state index is 0.00715. The highest BCUT2D eigenvalue weighted by molar-refractivity contribution is 5.75. The van der Waals surface area contributed by atoms with E-state index >= 15 is 0 Å². The van der Waals surface area contributed by atoms with Crippen molar-refractivity contribution in [1.29, 1.82) is 0 Å². The van der Waals surface area contributed by atoms with Gasteiger partial charge in [0.1, 0.15) is 18.1 Å². The molecule has 3 aromatic heterocycles. The Morgan fingerprint density at radius 1 is 1.07 bits per heavy atom. The number of likely N-dealkylation sites (tertiary alicyclic amines) is 1. The molecule has 2 bridgehead atoms. The van der Waals surface area contributed by atoms with Gasteiger partial charge in [-0.2, -0.15) is 0 Å². The fourth-order valence-electron chi connectivity index (χ4n) is 6.24. The smallest absolute Gasteiger partial charge is 0.250 e. The van der Waals surface area contributed by atoms with Crippen LogP contribution in [0.3, 0.4) is 0 Å². The summed E-state index contributed by atoms with van der Waals surface area (Å²) in [5.74, 6) is -0.540. The molecule has 0 unspecified atom stereocenters. The van der Waals surface area contributed by atoms with E-state index in [1.807, 2.05) is 28.8 Å². The van der Waals surface area contributed by atoms with Crippen molar-refractivity contribution in [2.75, 3.05) is 13.1 Å². The second-order valence-corrected chi connectivity index (χ2v) is 11.1. The average Bonchev–Trinajstić information content (AvgIpc) is 2.98. The monoisotopic (exact) mass is 568 g/mol. The molecule has 4 aromatic rings. The number of amides is 1. The number of nitrogens with two attached hydrogens (primary N) is 1. The van der Waals surface area contributed by atoms with Crippen LogP contribution in [0.25, 0.3) is 0 Å². The number of benzene rings is 1. The van der Waals surface area contributed by atoms with Crippen LogP contribution in [0, 0.1) is 5.92 Å². The third kappa shape index (κ3) is 5.84. The van der Waals surface area contributed by atoms with Gasteiger partial charge in [0, 0.05) is 56.0 Å². The molecule has 3 N–H and O–H groups in total. The first-order valence-corrected chi connectivity index (χ1v) is 14.0. The van der Waals surface area contributed by atoms with Crippen LogP contribution < -0.4 is 21.5 Å². The predicted octanol–water partition coefficient (Wildman–Crippen LogP) is 3.11. The lowest BCUT2D eigenvalue weighted by Gasteiger charge is -2.42. The van der Waals surface area contributed by atoms with Gasteiger partial charge in [0.25, 0.3) is 5.56 Å². The molecule has 5 heterocycles. The number of carbonyl (C=O) groups excluding carboxylic acids is 1. The molecule has 0 radical (unpaired) electrons. The molecule has 10 nitrogen and oxygen atoms in total. The first-order valence-electron chi connectivity index (χ1n) is 14.0. The summed E-state index contributed by atoms with van der Waals surface area (Å²) in [6.45, 7) is 2.71. The quantitative estimate of drug-likeness (QED) is 0.314. The van der Waals surface area contributed by atoms with Crippen LogP contribution in [0.2, 0.25) is 0 Å². The number of aromatic hydroxyl groups is 1. The number of fused-ring (bicyclic) bond motifs is 4. The Balaban J connectivity index is 1.26. The molecule has 0 aliphatic carbocycles. The summed E-state index contributed by atoms with van der Waals surface area (Å²) in [6, 6.07) is 19.3. The average molecular weight is 569 g/mol. The minimum Gasteiger partial charge on any atom is -0.502 e. The number of piperidine rings is 1. The summed E-state index contributed by atoms with van der Waals surface area (Å²) in [4.78, 5) is 43.9. The zero-order valence-electron chi connectivity index (χ0n) is 23.0. The Bertz CT molecular complexity index is 1720. The Morgan fingerprint density at radius 2 is 1.93 bits per heavy atom. The van der Waals surface area contributed by atoms with Crippen LogP contribution in [-0.2, 0) is 24.5 Å². The van der Waals surface area contributed by atoms with Crippen LogP contribution in [0.1, 0.15) is 53.1 Å². The molecule has 42 heavy (non-hydrogen) atoms. The largest absolute Gasteiger partial charge is 0.502 e. The Hall–Kier alpha value is -4.70. The van der Waals surface area contributed by atoms with E-state index in [1.54, 1.807) is 42.6 Å².